The van der Waals surface area contributed by atoms with Gasteiger partial charge in [0.1, 0.15) is 0 Å². The van der Waals surface area contributed by atoms with E-state index in [4.69, 9.17) is 0 Å². The van der Waals surface area contributed by atoms with Crippen molar-refractivity contribution in [1.29, 1.82) is 0 Å². The van der Waals surface area contributed by atoms with Crippen molar-refractivity contribution in [3.63, 3.8) is 0 Å². The molecule has 1 saturated heterocycles. The molecule has 0 bridgehead atoms. The van der Waals surface area contributed by atoms with Crippen molar-refractivity contribution in [2.24, 2.45) is 0 Å². The molecule has 1 aromatic heterocycles. The molecular formula is C19H23N3OS. The van der Waals surface area contributed by atoms with Gasteiger partial charge in [-0.2, -0.15) is 16.9 Å². The van der Waals surface area contributed by atoms with Crippen molar-refractivity contribution in [3.8, 4) is 0 Å². The molecule has 0 saturated carbocycles. The molecule has 126 valence electrons. The first-order valence-corrected chi connectivity index (χ1v) is 9.91. The van der Waals surface area contributed by atoms with Crippen LogP contribution in [0.15, 0.2) is 41.2 Å². The zero-order chi connectivity index (χ0) is 16.4. The second-order valence-electron chi connectivity index (χ2n) is 6.69. The largest absolute Gasteiger partial charge is 0.294 e. The third kappa shape index (κ3) is 3.42. The van der Waals surface area contributed by atoms with Gasteiger partial charge in [-0.15, -0.1) is 0 Å². The van der Waals surface area contributed by atoms with Gasteiger partial charge in [0, 0.05) is 30.8 Å². The maximum absolute atomic E-state index is 12.4. The molecule has 0 N–H and O–H groups in total. The molecule has 0 amide bonds. The summed E-state index contributed by atoms with van der Waals surface area (Å²) in [4.78, 5) is 14.9. The fourth-order valence-electron chi connectivity index (χ4n) is 3.71. The second-order valence-corrected chi connectivity index (χ2v) is 7.80. The van der Waals surface area contributed by atoms with Crippen LogP contribution in [0.2, 0.25) is 0 Å². The number of rotatable bonds is 4. The third-order valence-corrected chi connectivity index (χ3v) is 6.02. The molecule has 0 spiro atoms. The highest BCUT2D eigenvalue weighted by Crippen LogP contribution is 2.23. The van der Waals surface area contributed by atoms with Gasteiger partial charge in [-0.3, -0.25) is 9.69 Å². The van der Waals surface area contributed by atoms with Crippen molar-refractivity contribution in [2.45, 2.75) is 44.1 Å². The quantitative estimate of drug-likeness (QED) is 0.857. The molecule has 0 radical (unpaired) electrons. The summed E-state index contributed by atoms with van der Waals surface area (Å²) in [5.74, 6) is 2.05. The van der Waals surface area contributed by atoms with E-state index in [1.54, 1.807) is 4.68 Å². The molecule has 4 rings (SSSR count). The first-order valence-electron chi connectivity index (χ1n) is 8.75. The van der Waals surface area contributed by atoms with Gasteiger partial charge in [-0.25, -0.2) is 4.68 Å². The molecule has 1 unspecified atom stereocenters. The van der Waals surface area contributed by atoms with E-state index in [0.717, 1.165) is 48.7 Å². The summed E-state index contributed by atoms with van der Waals surface area (Å²) in [6.45, 7) is 2.78. The first kappa shape index (κ1) is 15.9. The molecule has 4 nitrogen and oxygen atoms in total. The number of hydrogen-bond acceptors (Lipinski definition) is 4. The first-order chi connectivity index (χ1) is 11.8. The minimum Gasteiger partial charge on any atom is -0.294 e. The molecule has 5 heteroatoms. The summed E-state index contributed by atoms with van der Waals surface area (Å²) in [5.41, 5.74) is 3.66. The van der Waals surface area contributed by atoms with Crippen molar-refractivity contribution < 1.29 is 0 Å². The molecule has 24 heavy (non-hydrogen) atoms. The molecule has 1 fully saturated rings. The van der Waals surface area contributed by atoms with Crippen LogP contribution < -0.4 is 5.56 Å². The predicted molar refractivity (Wildman–Crippen MR) is 98.2 cm³/mol. The van der Waals surface area contributed by atoms with E-state index in [2.05, 4.69) is 40.3 Å². The normalized spacial score (nSPS) is 20.9. The molecular weight excluding hydrogens is 318 g/mol. The molecule has 1 atom stereocenters. The molecule has 2 aliphatic heterocycles. The Morgan fingerprint density at radius 3 is 3.00 bits per heavy atom. The molecule has 2 aromatic rings. The fraction of sp³-hybridized carbons (Fsp3) is 0.474. The van der Waals surface area contributed by atoms with Crippen molar-refractivity contribution in [2.75, 3.05) is 12.3 Å². The van der Waals surface area contributed by atoms with Crippen LogP contribution in [-0.4, -0.2) is 33.0 Å². The minimum absolute atomic E-state index is 0.0582. The number of aromatic nitrogens is 2. The molecule has 1 aromatic carbocycles. The topological polar surface area (TPSA) is 38.1 Å². The number of likely N-dealkylation sites (tertiary alicyclic amines) is 1. The molecule has 3 heterocycles. The average molecular weight is 341 g/mol. The highest BCUT2D eigenvalue weighted by Gasteiger charge is 2.26. The maximum atomic E-state index is 12.4. The number of thioether (sulfide) groups is 1. The lowest BCUT2D eigenvalue weighted by Crippen LogP contribution is -2.37. The number of nitrogens with zero attached hydrogens (tertiary/aromatic N) is 3. The Hall–Kier alpha value is -1.59. The van der Waals surface area contributed by atoms with E-state index in [-0.39, 0.29) is 5.56 Å². The van der Waals surface area contributed by atoms with E-state index < -0.39 is 0 Å². The predicted octanol–water partition coefficient (Wildman–Crippen LogP) is 2.70. The standard InChI is InChI=1S/C19H23N3OS/c23-19-11-16-14-24-10-8-18(16)20-22(19)13-17-7-4-9-21(17)12-15-5-2-1-3-6-15/h1-3,5-6,11,17H,4,7-10,12-14H2. The average Bonchev–Trinajstić information content (AvgIpc) is 3.03. The molecule has 0 aliphatic carbocycles. The summed E-state index contributed by atoms with van der Waals surface area (Å²) in [7, 11) is 0. The van der Waals surface area contributed by atoms with Crippen LogP contribution in [-0.2, 0) is 25.3 Å². The lowest BCUT2D eigenvalue weighted by atomic mass is 10.1. The van der Waals surface area contributed by atoms with Crippen LogP contribution >= 0.6 is 11.8 Å². The smallest absolute Gasteiger partial charge is 0.267 e. The van der Waals surface area contributed by atoms with E-state index in [1.165, 1.54) is 12.0 Å². The zero-order valence-corrected chi connectivity index (χ0v) is 14.7. The van der Waals surface area contributed by atoms with Gasteiger partial charge in [-0.05, 0) is 36.3 Å². The van der Waals surface area contributed by atoms with Crippen LogP contribution in [0.3, 0.4) is 0 Å². The summed E-state index contributed by atoms with van der Waals surface area (Å²) < 4.78 is 1.71. The van der Waals surface area contributed by atoms with E-state index in [0.29, 0.717) is 12.6 Å². The Labute approximate surface area is 146 Å². The Kier molecular flexibility index (Phi) is 4.72. The number of benzene rings is 1. The monoisotopic (exact) mass is 341 g/mol. The Morgan fingerprint density at radius 1 is 1.25 bits per heavy atom. The Morgan fingerprint density at radius 2 is 2.12 bits per heavy atom. The summed E-state index contributed by atoms with van der Waals surface area (Å²) in [6.07, 6.45) is 3.33. The van der Waals surface area contributed by atoms with Gasteiger partial charge in [0.15, 0.2) is 0 Å². The van der Waals surface area contributed by atoms with E-state index >= 15 is 0 Å². The summed E-state index contributed by atoms with van der Waals surface area (Å²) in [6, 6.07) is 12.8. The lowest BCUT2D eigenvalue weighted by molar-refractivity contribution is 0.216. The highest BCUT2D eigenvalue weighted by atomic mass is 32.2. The second kappa shape index (κ2) is 7.11. The van der Waals surface area contributed by atoms with Crippen LogP contribution in [0, 0.1) is 0 Å². The van der Waals surface area contributed by atoms with Crippen LogP contribution in [0.5, 0.6) is 0 Å². The van der Waals surface area contributed by atoms with Gasteiger partial charge >= 0.3 is 0 Å². The van der Waals surface area contributed by atoms with Crippen LogP contribution in [0.25, 0.3) is 0 Å². The van der Waals surface area contributed by atoms with Crippen molar-refractivity contribution in [1.82, 2.24) is 14.7 Å². The Bertz CT molecular complexity index is 759. The van der Waals surface area contributed by atoms with E-state index in [9.17, 15) is 4.79 Å². The van der Waals surface area contributed by atoms with Gasteiger partial charge in [0.25, 0.3) is 5.56 Å². The number of aryl methyl sites for hydroxylation is 1. The van der Waals surface area contributed by atoms with Crippen molar-refractivity contribution in [3.05, 3.63) is 63.6 Å². The SMILES string of the molecule is O=c1cc2c(nn1CC1CCCN1Cc1ccccc1)CCSC2. The number of hydrogen-bond donors (Lipinski definition) is 0. The Balaban J connectivity index is 1.51. The number of fused-ring (bicyclic) bond motifs is 1. The third-order valence-electron chi connectivity index (χ3n) is 5.02. The van der Waals surface area contributed by atoms with E-state index in [1.807, 2.05) is 17.8 Å². The molecule has 2 aliphatic rings. The summed E-state index contributed by atoms with van der Waals surface area (Å²) >= 11 is 1.89. The van der Waals surface area contributed by atoms with Crippen LogP contribution in [0.1, 0.15) is 29.7 Å². The van der Waals surface area contributed by atoms with Crippen LogP contribution in [0.4, 0.5) is 0 Å². The zero-order valence-electron chi connectivity index (χ0n) is 13.9. The van der Waals surface area contributed by atoms with Gasteiger partial charge in [0.2, 0.25) is 0 Å². The highest BCUT2D eigenvalue weighted by molar-refractivity contribution is 7.98. The lowest BCUT2D eigenvalue weighted by Gasteiger charge is -2.25. The fourth-order valence-corrected chi connectivity index (χ4v) is 4.66. The maximum Gasteiger partial charge on any atom is 0.267 e. The summed E-state index contributed by atoms with van der Waals surface area (Å²) in [5, 5.41) is 4.68. The van der Waals surface area contributed by atoms with Crippen molar-refractivity contribution >= 4 is 11.8 Å². The van der Waals surface area contributed by atoms with Gasteiger partial charge < -0.3 is 0 Å². The van der Waals surface area contributed by atoms with Gasteiger partial charge in [-0.1, -0.05) is 30.3 Å². The van der Waals surface area contributed by atoms with Gasteiger partial charge in [0.05, 0.1) is 12.2 Å². The minimum atomic E-state index is 0.0582.